The van der Waals surface area contributed by atoms with Crippen LogP contribution in [-0.2, 0) is 19.1 Å². The summed E-state index contributed by atoms with van der Waals surface area (Å²) in [7, 11) is 3.20. The van der Waals surface area contributed by atoms with Crippen molar-refractivity contribution < 1.29 is 23.8 Å². The molecule has 6 nitrogen and oxygen atoms in total. The van der Waals surface area contributed by atoms with Crippen LogP contribution in [0.3, 0.4) is 0 Å². The van der Waals surface area contributed by atoms with Crippen molar-refractivity contribution in [1.82, 2.24) is 4.90 Å². The summed E-state index contributed by atoms with van der Waals surface area (Å²) in [5.74, 6) is 0.221. The maximum absolute atomic E-state index is 11.9. The molecule has 0 aliphatic rings. The monoisotopic (exact) mass is 321 g/mol. The van der Waals surface area contributed by atoms with E-state index in [1.165, 1.54) is 11.0 Å². The Morgan fingerprint density at radius 3 is 2.52 bits per heavy atom. The smallest absolute Gasteiger partial charge is 0.307 e. The van der Waals surface area contributed by atoms with Crippen LogP contribution in [0.4, 0.5) is 0 Å². The molecule has 0 aliphatic heterocycles. The average Bonchev–Trinajstić information content (AvgIpc) is 2.56. The molecule has 6 heteroatoms. The van der Waals surface area contributed by atoms with Crippen LogP contribution in [0.15, 0.2) is 30.3 Å². The number of benzene rings is 1. The number of hydrogen-bond acceptors (Lipinski definition) is 5. The Hall–Kier alpha value is -2.34. The molecule has 0 N–H and O–H groups in total. The second-order valence-electron chi connectivity index (χ2n) is 4.77. The van der Waals surface area contributed by atoms with Crippen molar-refractivity contribution in [2.45, 2.75) is 13.3 Å². The molecular weight excluding hydrogens is 298 g/mol. The zero-order valence-corrected chi connectivity index (χ0v) is 13.8. The molecule has 0 unspecified atom stereocenters. The van der Waals surface area contributed by atoms with Crippen LogP contribution in [0.1, 0.15) is 18.9 Å². The van der Waals surface area contributed by atoms with Gasteiger partial charge in [0.1, 0.15) is 5.75 Å². The number of carbonyl (C=O) groups is 2. The third-order valence-electron chi connectivity index (χ3n) is 2.97. The van der Waals surface area contributed by atoms with Crippen molar-refractivity contribution in [3.05, 3.63) is 35.9 Å². The highest BCUT2D eigenvalue weighted by atomic mass is 16.7. The topological polar surface area (TPSA) is 65.1 Å². The van der Waals surface area contributed by atoms with Gasteiger partial charge in [-0.2, -0.15) is 0 Å². The number of hydrogen-bond donors (Lipinski definition) is 0. The van der Waals surface area contributed by atoms with Gasteiger partial charge in [-0.05, 0) is 30.7 Å². The predicted molar refractivity (Wildman–Crippen MR) is 86.9 cm³/mol. The second-order valence-corrected chi connectivity index (χ2v) is 4.77. The van der Waals surface area contributed by atoms with Gasteiger partial charge in [0.15, 0.2) is 6.79 Å². The number of carbonyl (C=O) groups excluding carboxylic acids is 2. The first-order valence-corrected chi connectivity index (χ1v) is 7.37. The molecular formula is C17H23NO5. The first-order chi connectivity index (χ1) is 11.1. The molecule has 0 fully saturated rings. The van der Waals surface area contributed by atoms with E-state index in [4.69, 9.17) is 14.2 Å². The molecule has 0 saturated heterocycles. The van der Waals surface area contributed by atoms with Crippen molar-refractivity contribution >= 4 is 18.0 Å². The number of rotatable bonds is 9. The number of likely N-dealkylation sites (N-methyl/N-ethyl adjacent to an activating group) is 1. The van der Waals surface area contributed by atoms with Crippen molar-refractivity contribution in [3.8, 4) is 5.75 Å². The van der Waals surface area contributed by atoms with E-state index in [2.05, 4.69) is 0 Å². The van der Waals surface area contributed by atoms with Crippen LogP contribution in [0, 0.1) is 0 Å². The molecule has 0 aromatic heterocycles. The molecule has 0 heterocycles. The maximum Gasteiger partial charge on any atom is 0.307 e. The average molecular weight is 321 g/mol. The lowest BCUT2D eigenvalue weighted by Gasteiger charge is -2.14. The molecule has 0 atom stereocenters. The number of nitrogens with zero attached hydrogens (tertiary/aromatic N) is 1. The highest BCUT2D eigenvalue weighted by Gasteiger charge is 2.08. The maximum atomic E-state index is 11.9. The Bertz CT molecular complexity index is 524. The van der Waals surface area contributed by atoms with Gasteiger partial charge in [0.25, 0.3) is 0 Å². The Labute approximate surface area is 136 Å². The number of amides is 1. The van der Waals surface area contributed by atoms with Crippen molar-refractivity contribution in [2.24, 2.45) is 0 Å². The molecule has 0 aliphatic carbocycles. The first-order valence-electron chi connectivity index (χ1n) is 7.37. The van der Waals surface area contributed by atoms with Gasteiger partial charge in [-0.25, -0.2) is 0 Å². The highest BCUT2D eigenvalue weighted by molar-refractivity contribution is 5.91. The quantitative estimate of drug-likeness (QED) is 0.396. The molecule has 1 rings (SSSR count). The normalized spacial score (nSPS) is 10.6. The van der Waals surface area contributed by atoms with E-state index >= 15 is 0 Å². The van der Waals surface area contributed by atoms with Crippen LogP contribution >= 0.6 is 0 Å². The fourth-order valence-electron chi connectivity index (χ4n) is 1.70. The molecule has 0 bridgehead atoms. The number of methoxy groups -OCH3 is 1. The van der Waals surface area contributed by atoms with E-state index < -0.39 is 0 Å². The predicted octanol–water partition coefficient (Wildman–Crippen LogP) is 2.09. The van der Waals surface area contributed by atoms with E-state index in [0.717, 1.165) is 5.56 Å². The molecule has 1 amide bonds. The highest BCUT2D eigenvalue weighted by Crippen LogP contribution is 2.13. The minimum absolute atomic E-state index is 0.172. The summed E-state index contributed by atoms with van der Waals surface area (Å²) < 4.78 is 14.9. The minimum Gasteiger partial charge on any atom is -0.468 e. The van der Waals surface area contributed by atoms with Crippen molar-refractivity contribution in [1.29, 1.82) is 0 Å². The van der Waals surface area contributed by atoms with Gasteiger partial charge < -0.3 is 19.1 Å². The fourth-order valence-corrected chi connectivity index (χ4v) is 1.70. The van der Waals surface area contributed by atoms with E-state index in [-0.39, 0.29) is 25.1 Å². The van der Waals surface area contributed by atoms with E-state index in [1.54, 1.807) is 39.3 Å². The summed E-state index contributed by atoms with van der Waals surface area (Å²) in [5, 5.41) is 0. The fraction of sp³-hybridized carbons (Fsp3) is 0.412. The van der Waals surface area contributed by atoms with Crippen LogP contribution in [0.25, 0.3) is 6.08 Å². The molecule has 0 spiro atoms. The molecule has 126 valence electrons. The van der Waals surface area contributed by atoms with Gasteiger partial charge in [-0.15, -0.1) is 0 Å². The standard InChI is InChI=1S/C17H23NO5/c1-4-22-17(20)11-12-18(2)16(19)10-7-14-5-8-15(9-6-14)23-13-21-3/h5-10H,4,11-13H2,1-3H3/b10-7+. The summed E-state index contributed by atoms with van der Waals surface area (Å²) in [6.45, 7) is 2.62. The molecule has 0 saturated carbocycles. The Morgan fingerprint density at radius 1 is 1.22 bits per heavy atom. The van der Waals surface area contributed by atoms with Gasteiger partial charge >= 0.3 is 5.97 Å². The minimum atomic E-state index is -0.303. The lowest BCUT2D eigenvalue weighted by Crippen LogP contribution is -2.27. The molecule has 23 heavy (non-hydrogen) atoms. The van der Waals surface area contributed by atoms with Crippen LogP contribution in [0.5, 0.6) is 5.75 Å². The van der Waals surface area contributed by atoms with Crippen LogP contribution in [-0.4, -0.2) is 50.9 Å². The summed E-state index contributed by atoms with van der Waals surface area (Å²) in [5.41, 5.74) is 0.877. The number of esters is 1. The third-order valence-corrected chi connectivity index (χ3v) is 2.97. The van der Waals surface area contributed by atoms with Gasteiger partial charge in [-0.3, -0.25) is 9.59 Å². The van der Waals surface area contributed by atoms with Gasteiger partial charge in [-0.1, -0.05) is 12.1 Å². The van der Waals surface area contributed by atoms with Gasteiger partial charge in [0, 0.05) is 26.8 Å². The zero-order chi connectivity index (χ0) is 17.1. The van der Waals surface area contributed by atoms with E-state index in [9.17, 15) is 9.59 Å². The Kier molecular flexibility index (Phi) is 8.46. The van der Waals surface area contributed by atoms with E-state index in [1.807, 2.05) is 12.1 Å². The molecule has 1 aromatic rings. The second kappa shape index (κ2) is 10.4. The SMILES string of the molecule is CCOC(=O)CCN(C)C(=O)/C=C/c1ccc(OCOC)cc1. The third kappa shape index (κ3) is 7.46. The first kappa shape index (κ1) is 18.7. The van der Waals surface area contributed by atoms with Crippen molar-refractivity contribution in [3.63, 3.8) is 0 Å². The Morgan fingerprint density at radius 2 is 1.91 bits per heavy atom. The lowest BCUT2D eigenvalue weighted by molar-refractivity contribution is -0.143. The van der Waals surface area contributed by atoms with Gasteiger partial charge in [0.2, 0.25) is 5.91 Å². The van der Waals surface area contributed by atoms with Crippen LogP contribution < -0.4 is 4.74 Å². The number of ether oxygens (including phenoxy) is 3. The molecule has 1 aromatic carbocycles. The van der Waals surface area contributed by atoms with E-state index in [0.29, 0.717) is 18.9 Å². The zero-order valence-electron chi connectivity index (χ0n) is 13.8. The van der Waals surface area contributed by atoms with Gasteiger partial charge in [0.05, 0.1) is 13.0 Å². The lowest BCUT2D eigenvalue weighted by atomic mass is 10.2. The summed E-state index contributed by atoms with van der Waals surface area (Å²) in [4.78, 5) is 24.7. The largest absolute Gasteiger partial charge is 0.468 e. The van der Waals surface area contributed by atoms with Crippen LogP contribution in [0.2, 0.25) is 0 Å². The Balaban J connectivity index is 2.45. The summed E-state index contributed by atoms with van der Waals surface area (Å²) >= 11 is 0. The summed E-state index contributed by atoms with van der Waals surface area (Å²) in [6.07, 6.45) is 3.37. The van der Waals surface area contributed by atoms with Crippen molar-refractivity contribution in [2.75, 3.05) is 34.1 Å². The molecule has 0 radical (unpaired) electrons. The summed E-state index contributed by atoms with van der Waals surface area (Å²) in [6, 6.07) is 7.28.